The third-order valence-electron chi connectivity index (χ3n) is 2.71. The van der Waals surface area contributed by atoms with Crippen LogP contribution in [0, 0.1) is 0 Å². The Kier molecular flexibility index (Phi) is 7.69. The number of nitrogens with one attached hydrogen (secondary N) is 3. The van der Waals surface area contributed by atoms with Crippen molar-refractivity contribution in [3.63, 3.8) is 0 Å². The number of hydrogen-bond donors (Lipinski definition) is 3. The standard InChI is InChI=1S/C14H17F4N3O2S/c1-2-3-7-19-13(24)21-20-11(22)9-5-4-6-10(8-9)23-14(17,18)12(15)16/h4-6,8,12H,2-3,7H2,1H3,(H,20,22)(H2,19,21,24). The molecule has 5 nitrogen and oxygen atoms in total. The van der Waals surface area contributed by atoms with Crippen LogP contribution < -0.4 is 20.9 Å². The van der Waals surface area contributed by atoms with Gasteiger partial charge < -0.3 is 10.1 Å². The zero-order valence-corrected chi connectivity index (χ0v) is 13.6. The fourth-order valence-corrected chi connectivity index (χ4v) is 1.66. The van der Waals surface area contributed by atoms with Gasteiger partial charge in [-0.05, 0) is 36.8 Å². The minimum atomic E-state index is -4.64. The normalized spacial score (nSPS) is 11.1. The molecule has 1 amide bonds. The number of hydrogen-bond acceptors (Lipinski definition) is 3. The zero-order chi connectivity index (χ0) is 18.2. The van der Waals surface area contributed by atoms with Crippen LogP contribution in [0.2, 0.25) is 0 Å². The summed E-state index contributed by atoms with van der Waals surface area (Å²) in [5.74, 6) is -1.25. The Bertz CT molecular complexity index is 573. The molecule has 0 aromatic heterocycles. The Morgan fingerprint density at radius 1 is 1.33 bits per heavy atom. The van der Waals surface area contributed by atoms with Gasteiger partial charge in [0, 0.05) is 12.1 Å². The molecule has 0 saturated carbocycles. The third kappa shape index (κ3) is 6.57. The van der Waals surface area contributed by atoms with Crippen LogP contribution in [-0.2, 0) is 0 Å². The predicted octanol–water partition coefficient (Wildman–Crippen LogP) is 2.83. The Morgan fingerprint density at radius 3 is 2.67 bits per heavy atom. The van der Waals surface area contributed by atoms with E-state index >= 15 is 0 Å². The summed E-state index contributed by atoms with van der Waals surface area (Å²) in [4.78, 5) is 11.9. The number of alkyl halides is 4. The van der Waals surface area contributed by atoms with E-state index in [-0.39, 0.29) is 10.7 Å². The van der Waals surface area contributed by atoms with E-state index in [0.717, 1.165) is 25.0 Å². The van der Waals surface area contributed by atoms with Crippen LogP contribution in [0.15, 0.2) is 24.3 Å². The number of thiocarbonyl (C=S) groups is 1. The van der Waals surface area contributed by atoms with Gasteiger partial charge in [-0.1, -0.05) is 19.4 Å². The van der Waals surface area contributed by atoms with E-state index in [2.05, 4.69) is 20.9 Å². The Balaban J connectivity index is 2.59. The molecule has 1 aromatic rings. The van der Waals surface area contributed by atoms with Gasteiger partial charge in [-0.3, -0.25) is 15.6 Å². The van der Waals surface area contributed by atoms with Crippen molar-refractivity contribution in [1.82, 2.24) is 16.2 Å². The molecule has 0 aliphatic rings. The number of rotatable bonds is 7. The summed E-state index contributed by atoms with van der Waals surface area (Å²) in [5.41, 5.74) is 4.62. The molecule has 3 N–H and O–H groups in total. The molecular weight excluding hydrogens is 350 g/mol. The van der Waals surface area contributed by atoms with Crippen molar-refractivity contribution >= 4 is 23.2 Å². The molecule has 0 aliphatic carbocycles. The summed E-state index contributed by atoms with van der Waals surface area (Å²) in [7, 11) is 0. The fourth-order valence-electron chi connectivity index (χ4n) is 1.51. The smallest absolute Gasteiger partial charge is 0.428 e. The molecule has 0 atom stereocenters. The number of benzene rings is 1. The molecular formula is C14H17F4N3O2S. The van der Waals surface area contributed by atoms with Gasteiger partial charge in [0.15, 0.2) is 5.11 Å². The van der Waals surface area contributed by atoms with E-state index in [1.807, 2.05) is 6.92 Å². The first-order valence-electron chi connectivity index (χ1n) is 7.05. The minimum Gasteiger partial charge on any atom is -0.428 e. The van der Waals surface area contributed by atoms with Crippen molar-refractivity contribution in [2.45, 2.75) is 32.3 Å². The maximum atomic E-state index is 12.9. The number of halogens is 4. The van der Waals surface area contributed by atoms with Crippen molar-refractivity contribution in [3.05, 3.63) is 29.8 Å². The van der Waals surface area contributed by atoms with Crippen LogP contribution >= 0.6 is 12.2 Å². The SMILES string of the molecule is CCCCNC(=S)NNC(=O)c1cccc(OC(F)(F)C(F)F)c1. The molecule has 0 saturated heterocycles. The van der Waals surface area contributed by atoms with Crippen molar-refractivity contribution < 1.29 is 27.1 Å². The summed E-state index contributed by atoms with van der Waals surface area (Å²) >= 11 is 4.92. The van der Waals surface area contributed by atoms with E-state index in [9.17, 15) is 22.4 Å². The number of unbranched alkanes of at least 4 members (excludes halogenated alkanes) is 1. The molecule has 0 spiro atoms. The Labute approximate surface area is 141 Å². The van der Waals surface area contributed by atoms with Crippen molar-refractivity contribution in [2.75, 3.05) is 6.54 Å². The summed E-state index contributed by atoms with van der Waals surface area (Å²) in [6, 6.07) is 4.49. The molecule has 10 heteroatoms. The van der Waals surface area contributed by atoms with Crippen LogP contribution in [0.5, 0.6) is 5.75 Å². The number of hydrazine groups is 1. The number of carbonyl (C=O) groups excluding carboxylic acids is 1. The number of ether oxygens (including phenoxy) is 1. The summed E-state index contributed by atoms with van der Waals surface area (Å²) in [5, 5.41) is 3.03. The number of carbonyl (C=O) groups is 1. The van der Waals surface area contributed by atoms with Crippen molar-refractivity contribution in [2.24, 2.45) is 0 Å². The monoisotopic (exact) mass is 367 g/mol. The first-order chi connectivity index (χ1) is 11.3. The molecule has 0 fully saturated rings. The summed E-state index contributed by atoms with van der Waals surface area (Å²) in [6.45, 7) is 2.64. The lowest BCUT2D eigenvalue weighted by Gasteiger charge is -2.17. The second-order valence-corrected chi connectivity index (χ2v) is 5.09. The quantitative estimate of drug-likeness (QED) is 0.299. The molecule has 24 heavy (non-hydrogen) atoms. The largest absolute Gasteiger partial charge is 0.461 e. The van der Waals surface area contributed by atoms with E-state index in [1.165, 1.54) is 12.1 Å². The van der Waals surface area contributed by atoms with Gasteiger partial charge in [0.25, 0.3) is 5.91 Å². The van der Waals surface area contributed by atoms with Crippen molar-refractivity contribution in [1.29, 1.82) is 0 Å². The molecule has 0 aliphatic heterocycles. The summed E-state index contributed by atoms with van der Waals surface area (Å²) in [6.07, 6.45) is -6.76. The van der Waals surface area contributed by atoms with E-state index in [1.54, 1.807) is 0 Å². The van der Waals surface area contributed by atoms with Gasteiger partial charge >= 0.3 is 12.5 Å². The van der Waals surface area contributed by atoms with Crippen LogP contribution in [0.1, 0.15) is 30.1 Å². The predicted molar refractivity (Wildman–Crippen MR) is 84.1 cm³/mol. The Hall–Kier alpha value is -2.10. The lowest BCUT2D eigenvalue weighted by Crippen LogP contribution is -2.47. The second kappa shape index (κ2) is 9.26. The third-order valence-corrected chi connectivity index (χ3v) is 2.96. The number of amides is 1. The highest BCUT2D eigenvalue weighted by atomic mass is 32.1. The van der Waals surface area contributed by atoms with E-state index in [0.29, 0.717) is 6.54 Å². The van der Waals surface area contributed by atoms with Gasteiger partial charge in [-0.2, -0.15) is 17.6 Å². The van der Waals surface area contributed by atoms with E-state index in [4.69, 9.17) is 12.2 Å². The lowest BCUT2D eigenvalue weighted by atomic mass is 10.2. The first-order valence-corrected chi connectivity index (χ1v) is 7.46. The van der Waals surface area contributed by atoms with Gasteiger partial charge in [-0.15, -0.1) is 0 Å². The average Bonchev–Trinajstić information content (AvgIpc) is 2.52. The first kappa shape index (κ1) is 19.9. The lowest BCUT2D eigenvalue weighted by molar-refractivity contribution is -0.253. The second-order valence-electron chi connectivity index (χ2n) is 4.68. The summed E-state index contributed by atoms with van der Waals surface area (Å²) < 4.78 is 53.9. The average molecular weight is 367 g/mol. The van der Waals surface area contributed by atoms with Crippen LogP contribution in [0.3, 0.4) is 0 Å². The molecule has 1 rings (SSSR count). The van der Waals surface area contributed by atoms with Crippen LogP contribution in [0.4, 0.5) is 17.6 Å². The Morgan fingerprint density at radius 2 is 2.04 bits per heavy atom. The molecule has 0 radical (unpaired) electrons. The van der Waals surface area contributed by atoms with E-state index < -0.39 is 24.2 Å². The van der Waals surface area contributed by atoms with Crippen LogP contribution in [0.25, 0.3) is 0 Å². The highest BCUT2D eigenvalue weighted by Gasteiger charge is 2.44. The van der Waals surface area contributed by atoms with Crippen molar-refractivity contribution in [3.8, 4) is 5.75 Å². The van der Waals surface area contributed by atoms with Gasteiger partial charge in [0.2, 0.25) is 0 Å². The highest BCUT2D eigenvalue weighted by molar-refractivity contribution is 7.80. The topological polar surface area (TPSA) is 62.4 Å². The van der Waals surface area contributed by atoms with Gasteiger partial charge in [0.05, 0.1) is 0 Å². The minimum absolute atomic E-state index is 0.0681. The molecule has 1 aromatic carbocycles. The van der Waals surface area contributed by atoms with Gasteiger partial charge in [0.1, 0.15) is 5.75 Å². The molecule has 0 unspecified atom stereocenters. The fraction of sp³-hybridized carbons (Fsp3) is 0.429. The maximum Gasteiger partial charge on any atom is 0.461 e. The molecule has 0 heterocycles. The molecule has 134 valence electrons. The van der Waals surface area contributed by atoms with Crippen LogP contribution in [-0.4, -0.2) is 30.1 Å². The van der Waals surface area contributed by atoms with Gasteiger partial charge in [-0.25, -0.2) is 0 Å². The highest BCUT2D eigenvalue weighted by Crippen LogP contribution is 2.27. The maximum absolute atomic E-state index is 12.9. The zero-order valence-electron chi connectivity index (χ0n) is 12.7. The molecule has 0 bridgehead atoms.